The highest BCUT2D eigenvalue weighted by Crippen LogP contribution is 2.47. The highest BCUT2D eigenvalue weighted by molar-refractivity contribution is 6.28. The van der Waals surface area contributed by atoms with E-state index in [2.05, 4.69) is 0 Å². The van der Waals surface area contributed by atoms with E-state index >= 15 is 0 Å². The van der Waals surface area contributed by atoms with Crippen LogP contribution in [0.2, 0.25) is 0 Å². The molecule has 134 valence electrons. The normalized spacial score (nSPS) is 34.0. The van der Waals surface area contributed by atoms with E-state index in [4.69, 9.17) is 14.6 Å². The second kappa shape index (κ2) is 6.11. The quantitative estimate of drug-likeness (QED) is 0.526. The molecule has 0 spiro atoms. The number of ketones is 1. The summed E-state index contributed by atoms with van der Waals surface area (Å²) in [4.78, 5) is 46.2. The molecule has 1 fully saturated rings. The molecule has 2 N–H and O–H groups in total. The van der Waals surface area contributed by atoms with E-state index < -0.39 is 47.9 Å². The topological polar surface area (TPSA) is 127 Å². The van der Waals surface area contributed by atoms with Gasteiger partial charge in [0.1, 0.15) is 12.7 Å². The summed E-state index contributed by atoms with van der Waals surface area (Å²) in [5.41, 5.74) is 1.49. The lowest BCUT2D eigenvalue weighted by atomic mass is 9.79. The molecule has 0 amide bonds. The average Bonchev–Trinajstić information content (AvgIpc) is 2.97. The van der Waals surface area contributed by atoms with Crippen LogP contribution in [0.5, 0.6) is 0 Å². The third-order valence-electron chi connectivity index (χ3n) is 5.17. The van der Waals surface area contributed by atoms with Crippen molar-refractivity contribution in [3.8, 4) is 0 Å². The van der Waals surface area contributed by atoms with Gasteiger partial charge >= 0.3 is 17.9 Å². The number of rotatable bonds is 2. The predicted molar refractivity (Wildman–Crippen MR) is 81.0 cm³/mol. The van der Waals surface area contributed by atoms with E-state index in [0.717, 1.165) is 0 Å². The summed E-state index contributed by atoms with van der Waals surface area (Å²) in [6.07, 6.45) is -0.0358. The van der Waals surface area contributed by atoms with Crippen molar-refractivity contribution in [1.29, 1.82) is 0 Å². The Balaban J connectivity index is 1.95. The predicted octanol–water partition coefficient (Wildman–Crippen LogP) is -0.00170. The van der Waals surface area contributed by atoms with Gasteiger partial charge in [-0.25, -0.2) is 9.59 Å². The molecule has 3 rings (SSSR count). The fourth-order valence-electron chi connectivity index (χ4n) is 4.03. The van der Waals surface area contributed by atoms with Crippen molar-refractivity contribution >= 4 is 23.7 Å². The number of carboxylic acids is 1. The van der Waals surface area contributed by atoms with Crippen LogP contribution in [0.15, 0.2) is 22.8 Å². The van der Waals surface area contributed by atoms with Crippen molar-refractivity contribution in [2.75, 3.05) is 6.61 Å². The van der Waals surface area contributed by atoms with E-state index in [1.54, 1.807) is 13.8 Å². The van der Waals surface area contributed by atoms with Gasteiger partial charge < -0.3 is 19.7 Å². The highest BCUT2D eigenvalue weighted by atomic mass is 16.6. The molecule has 0 aromatic carbocycles. The number of aliphatic hydroxyl groups is 1. The molecule has 5 atom stereocenters. The van der Waals surface area contributed by atoms with Gasteiger partial charge in [-0.3, -0.25) is 9.59 Å². The van der Waals surface area contributed by atoms with E-state index in [9.17, 15) is 24.3 Å². The van der Waals surface area contributed by atoms with Gasteiger partial charge in [-0.15, -0.1) is 0 Å². The van der Waals surface area contributed by atoms with Crippen molar-refractivity contribution in [3.63, 3.8) is 0 Å². The fourth-order valence-corrected chi connectivity index (χ4v) is 4.03. The molecule has 0 radical (unpaired) electrons. The molecule has 0 aromatic heterocycles. The number of ether oxygens (including phenoxy) is 2. The number of aliphatic carboxylic acids is 1. The second-order valence-electron chi connectivity index (χ2n) is 6.68. The van der Waals surface area contributed by atoms with Crippen molar-refractivity contribution in [3.05, 3.63) is 22.8 Å². The Labute approximate surface area is 143 Å². The average molecular weight is 350 g/mol. The first kappa shape index (κ1) is 17.3. The summed E-state index contributed by atoms with van der Waals surface area (Å²) in [6, 6.07) is 0. The number of hydrogen-bond donors (Lipinski definition) is 2. The van der Waals surface area contributed by atoms with Crippen LogP contribution in [0.25, 0.3) is 0 Å². The summed E-state index contributed by atoms with van der Waals surface area (Å²) in [6.45, 7) is 3.02. The van der Waals surface area contributed by atoms with Gasteiger partial charge in [-0.05, 0) is 25.0 Å². The molecule has 0 saturated carbocycles. The molecule has 0 aromatic rings. The smallest absolute Gasteiger partial charge is 0.417 e. The minimum atomic E-state index is -1.73. The van der Waals surface area contributed by atoms with E-state index in [-0.39, 0.29) is 18.8 Å². The number of carboxylic acid groups (broad SMARTS) is 1. The van der Waals surface area contributed by atoms with Crippen LogP contribution in [0, 0.1) is 17.8 Å². The minimum absolute atomic E-state index is 0.246. The first-order valence-electron chi connectivity index (χ1n) is 7.95. The number of esters is 2. The van der Waals surface area contributed by atoms with Crippen molar-refractivity contribution in [1.82, 2.24) is 0 Å². The van der Waals surface area contributed by atoms with Gasteiger partial charge in [0.15, 0.2) is 5.78 Å². The maximum absolute atomic E-state index is 12.4. The molecule has 2 aliphatic carbocycles. The van der Waals surface area contributed by atoms with Gasteiger partial charge in [0, 0.05) is 17.4 Å². The Morgan fingerprint density at radius 2 is 2.04 bits per heavy atom. The van der Waals surface area contributed by atoms with E-state index in [0.29, 0.717) is 16.7 Å². The van der Waals surface area contributed by atoms with Gasteiger partial charge in [0.2, 0.25) is 0 Å². The SMILES string of the molecule is CC1=C2C(=O)C=C(COC(=O)C(=O)O)[C@@H]2[C@H]2OC(=O)C(C)[C@@H]2[C@@H](O)C1. The molecule has 8 heteroatoms. The molecule has 1 heterocycles. The molecule has 8 nitrogen and oxygen atoms in total. The molecule has 3 aliphatic rings. The fraction of sp³-hybridized carbons (Fsp3) is 0.529. The lowest BCUT2D eigenvalue weighted by Crippen LogP contribution is -2.36. The highest BCUT2D eigenvalue weighted by Gasteiger charge is 2.54. The number of allylic oxidation sites excluding steroid dienone is 1. The Morgan fingerprint density at radius 1 is 1.36 bits per heavy atom. The maximum Gasteiger partial charge on any atom is 0.417 e. The maximum atomic E-state index is 12.4. The molecule has 1 unspecified atom stereocenters. The largest absolute Gasteiger partial charge is 0.473 e. The lowest BCUT2D eigenvalue weighted by Gasteiger charge is -2.27. The number of hydrogen-bond acceptors (Lipinski definition) is 7. The Morgan fingerprint density at radius 3 is 2.68 bits per heavy atom. The monoisotopic (exact) mass is 350 g/mol. The van der Waals surface area contributed by atoms with Crippen LogP contribution >= 0.6 is 0 Å². The first-order valence-corrected chi connectivity index (χ1v) is 7.95. The van der Waals surface area contributed by atoms with Crippen LogP contribution in [0.1, 0.15) is 20.3 Å². The number of fused-ring (bicyclic) bond motifs is 3. The molecule has 0 bridgehead atoms. The second-order valence-corrected chi connectivity index (χ2v) is 6.68. The van der Waals surface area contributed by atoms with Gasteiger partial charge in [0.05, 0.1) is 12.0 Å². The first-order chi connectivity index (χ1) is 11.7. The third kappa shape index (κ3) is 2.76. The van der Waals surface area contributed by atoms with Crippen LogP contribution in [-0.2, 0) is 28.7 Å². The summed E-state index contributed by atoms with van der Waals surface area (Å²) >= 11 is 0. The Hall–Kier alpha value is -2.48. The van der Waals surface area contributed by atoms with Crippen LogP contribution in [-0.4, -0.2) is 52.7 Å². The zero-order chi connectivity index (χ0) is 18.5. The van der Waals surface area contributed by atoms with Crippen LogP contribution in [0.4, 0.5) is 0 Å². The molecule has 1 aliphatic heterocycles. The summed E-state index contributed by atoms with van der Waals surface area (Å²) in [7, 11) is 0. The lowest BCUT2D eigenvalue weighted by molar-refractivity contribution is -0.163. The summed E-state index contributed by atoms with van der Waals surface area (Å²) in [5.74, 6) is -5.55. The van der Waals surface area contributed by atoms with Crippen LogP contribution in [0.3, 0.4) is 0 Å². The standard InChI is InChI=1S/C17H18O8/c1-6-3-9(18)12-7(2)16(22)25-14(12)13-8(4-10(19)11(6)13)5-24-17(23)15(20)21/h4,7,9,12-14,18H,3,5H2,1-2H3,(H,20,21)/t7?,9-,12+,13-,14-/m0/s1. The van der Waals surface area contributed by atoms with Crippen LogP contribution < -0.4 is 0 Å². The van der Waals surface area contributed by atoms with Gasteiger partial charge in [0.25, 0.3) is 0 Å². The zero-order valence-corrected chi connectivity index (χ0v) is 13.7. The third-order valence-corrected chi connectivity index (χ3v) is 5.17. The Kier molecular flexibility index (Phi) is 4.24. The van der Waals surface area contributed by atoms with Crippen molar-refractivity contribution in [2.24, 2.45) is 17.8 Å². The zero-order valence-electron chi connectivity index (χ0n) is 13.7. The van der Waals surface area contributed by atoms with E-state index in [1.807, 2.05) is 0 Å². The molecular formula is C17H18O8. The van der Waals surface area contributed by atoms with Crippen molar-refractivity contribution in [2.45, 2.75) is 32.5 Å². The molecular weight excluding hydrogens is 332 g/mol. The summed E-state index contributed by atoms with van der Waals surface area (Å²) < 4.78 is 10.1. The number of carbonyl (C=O) groups is 4. The summed E-state index contributed by atoms with van der Waals surface area (Å²) in [5, 5.41) is 19.1. The Bertz CT molecular complexity index is 731. The molecule has 1 saturated heterocycles. The van der Waals surface area contributed by atoms with Gasteiger partial charge in [-0.1, -0.05) is 12.5 Å². The van der Waals surface area contributed by atoms with E-state index in [1.165, 1.54) is 6.08 Å². The van der Waals surface area contributed by atoms with Crippen molar-refractivity contribution < 1.29 is 38.9 Å². The number of carbonyl (C=O) groups excluding carboxylic acids is 3. The minimum Gasteiger partial charge on any atom is -0.473 e. The molecule has 25 heavy (non-hydrogen) atoms. The number of aliphatic hydroxyl groups excluding tert-OH is 1. The van der Waals surface area contributed by atoms with Gasteiger partial charge in [-0.2, -0.15) is 0 Å².